The van der Waals surface area contributed by atoms with Crippen molar-refractivity contribution in [3.05, 3.63) is 71.8 Å². The van der Waals surface area contributed by atoms with Crippen LogP contribution in [-0.2, 0) is 6.67 Å². The summed E-state index contributed by atoms with van der Waals surface area (Å²) in [6.45, 7) is 2.03. The molecule has 0 bridgehead atoms. The Balaban J connectivity index is 1.56. The van der Waals surface area contributed by atoms with Crippen LogP contribution in [-0.4, -0.2) is 39.4 Å². The molecule has 24 heavy (non-hydrogen) atoms. The molecule has 0 unspecified atom stereocenters. The average molecular weight is 340 g/mol. The summed E-state index contributed by atoms with van der Waals surface area (Å²) in [5.74, 6) is 0.885. The van der Waals surface area contributed by atoms with Crippen molar-refractivity contribution < 1.29 is 4.74 Å². The number of rotatable bonds is 7. The van der Waals surface area contributed by atoms with Gasteiger partial charge in [-0.3, -0.25) is 9.47 Å². The Kier molecular flexibility index (Phi) is 5.40. The fourth-order valence-electron chi connectivity index (χ4n) is 2.34. The Bertz CT molecular complexity index is 814. The van der Waals surface area contributed by atoms with E-state index in [1.54, 1.807) is 6.33 Å². The summed E-state index contributed by atoms with van der Waals surface area (Å²) in [5.41, 5.74) is 1.02. The second-order valence-corrected chi connectivity index (χ2v) is 5.87. The third-order valence-electron chi connectivity index (χ3n) is 3.63. The minimum Gasteiger partial charge on any atom is -0.492 e. The highest BCUT2D eigenvalue weighted by Crippen LogP contribution is 2.09. The maximum Gasteiger partial charge on any atom is 0.203 e. The van der Waals surface area contributed by atoms with E-state index in [2.05, 4.69) is 10.00 Å². The first-order chi connectivity index (χ1) is 11.7. The molecule has 0 spiro atoms. The molecule has 1 aromatic heterocycles. The smallest absolute Gasteiger partial charge is 0.203 e. The second-order valence-electron chi connectivity index (χ2n) is 5.50. The van der Waals surface area contributed by atoms with Crippen LogP contribution in [0, 0.1) is 4.77 Å². The lowest BCUT2D eigenvalue weighted by Crippen LogP contribution is -2.27. The molecule has 0 N–H and O–H groups in total. The Morgan fingerprint density at radius 1 is 1.04 bits per heavy atom. The van der Waals surface area contributed by atoms with E-state index in [9.17, 15) is 0 Å². The Labute approximate surface area is 146 Å². The first-order valence-electron chi connectivity index (χ1n) is 7.80. The first-order valence-corrected chi connectivity index (χ1v) is 8.21. The molecule has 0 aliphatic rings. The van der Waals surface area contributed by atoms with Gasteiger partial charge in [-0.1, -0.05) is 36.4 Å². The predicted octanol–water partition coefficient (Wildman–Crippen LogP) is 3.37. The molecule has 124 valence electrons. The molecule has 0 atom stereocenters. The molecule has 5 nitrogen and oxygen atoms in total. The number of nitrogens with zero attached hydrogens (tertiary/aromatic N) is 4. The van der Waals surface area contributed by atoms with Crippen molar-refractivity contribution in [2.24, 2.45) is 0 Å². The van der Waals surface area contributed by atoms with Crippen LogP contribution in [0.3, 0.4) is 0 Å². The summed E-state index contributed by atoms with van der Waals surface area (Å²) in [7, 11) is 2.03. The van der Waals surface area contributed by atoms with E-state index in [-0.39, 0.29) is 0 Å². The van der Waals surface area contributed by atoms with Crippen molar-refractivity contribution in [3.63, 3.8) is 0 Å². The molecule has 2 aromatic carbocycles. The third-order valence-corrected chi connectivity index (χ3v) is 4.04. The normalized spacial score (nSPS) is 10.9. The highest BCUT2D eigenvalue weighted by atomic mass is 32.1. The molecule has 0 saturated carbocycles. The minimum atomic E-state index is 0.618. The first kappa shape index (κ1) is 16.4. The SMILES string of the molecule is CN(CCOc1ccccc1)Cn1ncn(-c2ccccc2)c1=S. The van der Waals surface area contributed by atoms with Gasteiger partial charge in [0, 0.05) is 12.2 Å². The molecule has 1 heterocycles. The number of aromatic nitrogens is 3. The maximum atomic E-state index is 5.72. The number of likely N-dealkylation sites (N-methyl/N-ethyl adjacent to an activating group) is 1. The molecule has 0 amide bonds. The van der Waals surface area contributed by atoms with Crippen molar-refractivity contribution >= 4 is 12.2 Å². The fraction of sp³-hybridized carbons (Fsp3) is 0.222. The van der Waals surface area contributed by atoms with Crippen molar-refractivity contribution in [3.8, 4) is 11.4 Å². The van der Waals surface area contributed by atoms with Crippen LogP contribution in [0.2, 0.25) is 0 Å². The lowest BCUT2D eigenvalue weighted by atomic mass is 10.3. The van der Waals surface area contributed by atoms with Crippen molar-refractivity contribution in [2.45, 2.75) is 6.67 Å². The maximum absolute atomic E-state index is 5.72. The van der Waals surface area contributed by atoms with Gasteiger partial charge in [0.2, 0.25) is 4.77 Å². The lowest BCUT2D eigenvalue weighted by Gasteiger charge is -2.16. The molecule has 0 radical (unpaired) electrons. The quantitative estimate of drug-likeness (QED) is 0.618. The molecule has 0 aliphatic heterocycles. The number of ether oxygens (including phenoxy) is 1. The van der Waals surface area contributed by atoms with E-state index in [0.717, 1.165) is 18.0 Å². The van der Waals surface area contributed by atoms with E-state index in [1.807, 2.05) is 77.0 Å². The van der Waals surface area contributed by atoms with E-state index in [1.165, 1.54) is 0 Å². The Hall–Kier alpha value is -2.44. The largest absolute Gasteiger partial charge is 0.492 e. The van der Waals surface area contributed by atoms with Crippen molar-refractivity contribution in [2.75, 3.05) is 20.2 Å². The summed E-state index contributed by atoms with van der Waals surface area (Å²) in [6.07, 6.45) is 1.76. The molecule has 6 heteroatoms. The number of hydrogen-bond donors (Lipinski definition) is 0. The zero-order chi connectivity index (χ0) is 16.8. The van der Waals surface area contributed by atoms with Gasteiger partial charge in [0.1, 0.15) is 18.7 Å². The van der Waals surface area contributed by atoms with Gasteiger partial charge in [0.25, 0.3) is 0 Å². The van der Waals surface area contributed by atoms with Crippen LogP contribution < -0.4 is 4.74 Å². The minimum absolute atomic E-state index is 0.618. The molecular formula is C18H20N4OS. The Morgan fingerprint density at radius 2 is 1.71 bits per heavy atom. The molecule has 3 rings (SSSR count). The van der Waals surface area contributed by atoms with E-state index >= 15 is 0 Å². The van der Waals surface area contributed by atoms with Crippen LogP contribution >= 0.6 is 12.2 Å². The van der Waals surface area contributed by atoms with Gasteiger partial charge in [0.15, 0.2) is 0 Å². The van der Waals surface area contributed by atoms with Gasteiger partial charge < -0.3 is 4.74 Å². The Morgan fingerprint density at radius 3 is 2.42 bits per heavy atom. The molecule has 0 aliphatic carbocycles. The highest BCUT2D eigenvalue weighted by Gasteiger charge is 2.06. The number of hydrogen-bond acceptors (Lipinski definition) is 4. The van der Waals surface area contributed by atoms with Crippen LogP contribution in [0.15, 0.2) is 67.0 Å². The van der Waals surface area contributed by atoms with Crippen LogP contribution in [0.25, 0.3) is 5.69 Å². The molecule has 3 aromatic rings. The van der Waals surface area contributed by atoms with Crippen LogP contribution in [0.4, 0.5) is 0 Å². The van der Waals surface area contributed by atoms with Crippen LogP contribution in [0.5, 0.6) is 5.75 Å². The van der Waals surface area contributed by atoms with Gasteiger partial charge in [-0.05, 0) is 43.5 Å². The zero-order valence-electron chi connectivity index (χ0n) is 13.6. The van der Waals surface area contributed by atoms with Crippen molar-refractivity contribution in [1.29, 1.82) is 0 Å². The molecule has 0 fully saturated rings. The monoisotopic (exact) mass is 340 g/mol. The topological polar surface area (TPSA) is 35.2 Å². The fourth-order valence-corrected chi connectivity index (χ4v) is 2.59. The zero-order valence-corrected chi connectivity index (χ0v) is 14.4. The van der Waals surface area contributed by atoms with Gasteiger partial charge in [-0.25, -0.2) is 4.68 Å². The standard InChI is InChI=1S/C18H20N4OS/c1-20(12-13-23-17-10-6-3-7-11-17)15-22-18(24)21(14-19-22)16-8-4-2-5-9-16/h2-11,14H,12-13,15H2,1H3. The number of benzene rings is 2. The molecule has 0 saturated heterocycles. The highest BCUT2D eigenvalue weighted by molar-refractivity contribution is 7.71. The number of para-hydroxylation sites is 2. The summed E-state index contributed by atoms with van der Waals surface area (Å²) >= 11 is 5.52. The van der Waals surface area contributed by atoms with E-state index < -0.39 is 0 Å². The lowest BCUT2D eigenvalue weighted by molar-refractivity contribution is 0.198. The van der Waals surface area contributed by atoms with Crippen molar-refractivity contribution in [1.82, 2.24) is 19.2 Å². The average Bonchev–Trinajstić information content (AvgIpc) is 2.97. The summed E-state index contributed by atoms with van der Waals surface area (Å²) in [4.78, 5) is 2.13. The van der Waals surface area contributed by atoms with E-state index in [0.29, 0.717) is 18.0 Å². The molecular weight excluding hydrogens is 320 g/mol. The van der Waals surface area contributed by atoms with E-state index in [4.69, 9.17) is 17.0 Å². The third kappa shape index (κ3) is 4.10. The summed E-state index contributed by atoms with van der Waals surface area (Å²) in [6, 6.07) is 19.8. The second kappa shape index (κ2) is 7.90. The summed E-state index contributed by atoms with van der Waals surface area (Å²) < 4.78 is 10.1. The van der Waals surface area contributed by atoms with Gasteiger partial charge >= 0.3 is 0 Å². The van der Waals surface area contributed by atoms with Gasteiger partial charge in [-0.15, -0.1) is 0 Å². The van der Waals surface area contributed by atoms with Crippen LogP contribution in [0.1, 0.15) is 0 Å². The summed E-state index contributed by atoms with van der Waals surface area (Å²) in [5, 5.41) is 4.39. The predicted molar refractivity (Wildman–Crippen MR) is 97.0 cm³/mol. The van der Waals surface area contributed by atoms with Gasteiger partial charge in [-0.2, -0.15) is 5.10 Å². The van der Waals surface area contributed by atoms with Gasteiger partial charge in [0.05, 0.1) is 6.67 Å².